The molecule has 0 bridgehead atoms. The van der Waals surface area contributed by atoms with Crippen LogP contribution in [0.5, 0.6) is 5.88 Å². The van der Waals surface area contributed by atoms with Gasteiger partial charge in [0.05, 0.1) is 4.88 Å². The Labute approximate surface area is 158 Å². The first kappa shape index (κ1) is 17.7. The number of nitrogens with zero attached hydrogens (tertiary/aromatic N) is 6. The van der Waals surface area contributed by atoms with Crippen molar-refractivity contribution < 1.29 is 13.9 Å². The predicted octanol–water partition coefficient (Wildman–Crippen LogP) is 1.72. The van der Waals surface area contributed by atoms with Gasteiger partial charge in [0, 0.05) is 44.9 Å². The molecule has 0 aliphatic carbocycles. The number of carbonyl (C=O) groups excluding carboxylic acids is 1. The van der Waals surface area contributed by atoms with Crippen LogP contribution in [0.15, 0.2) is 18.7 Å². The minimum Gasteiger partial charge on any atom is -0.470 e. The molecule has 2 atom stereocenters. The van der Waals surface area contributed by atoms with Gasteiger partial charge in [0.1, 0.15) is 12.4 Å². The molecule has 0 spiro atoms. The zero-order chi connectivity index (χ0) is 19.0. The maximum absolute atomic E-state index is 14.1. The number of carbonyl (C=O) groups is 1. The maximum atomic E-state index is 14.1. The predicted molar refractivity (Wildman–Crippen MR) is 96.1 cm³/mol. The van der Waals surface area contributed by atoms with Gasteiger partial charge in [-0.2, -0.15) is 9.37 Å². The summed E-state index contributed by atoms with van der Waals surface area (Å²) in [7, 11) is 0. The SMILES string of the molecule is CC(=O)Nc1nc(F)c(CN2C[C@H](Oc3nccn4cnnc34)C[C@@H]2C)s1. The van der Waals surface area contributed by atoms with Gasteiger partial charge in [-0.1, -0.05) is 11.3 Å². The average molecular weight is 391 g/mol. The zero-order valence-corrected chi connectivity index (χ0v) is 15.6. The van der Waals surface area contributed by atoms with Gasteiger partial charge < -0.3 is 10.1 Å². The summed E-state index contributed by atoms with van der Waals surface area (Å²) in [5.74, 6) is -0.380. The van der Waals surface area contributed by atoms with Gasteiger partial charge in [-0.05, 0) is 6.92 Å². The Morgan fingerprint density at radius 3 is 3.19 bits per heavy atom. The molecule has 0 saturated carbocycles. The van der Waals surface area contributed by atoms with E-state index in [1.54, 1.807) is 23.1 Å². The van der Waals surface area contributed by atoms with Crippen molar-refractivity contribution in [2.24, 2.45) is 0 Å². The van der Waals surface area contributed by atoms with E-state index in [-0.39, 0.29) is 23.2 Å². The first-order valence-electron chi connectivity index (χ1n) is 8.47. The second kappa shape index (κ2) is 7.16. The summed E-state index contributed by atoms with van der Waals surface area (Å²) in [4.78, 5) is 21.7. The van der Waals surface area contributed by atoms with Gasteiger partial charge in [0.15, 0.2) is 5.13 Å². The molecule has 4 heterocycles. The molecule has 1 aliphatic heterocycles. The van der Waals surface area contributed by atoms with Crippen LogP contribution < -0.4 is 10.1 Å². The highest BCUT2D eigenvalue weighted by atomic mass is 32.1. The first-order chi connectivity index (χ1) is 13.0. The van der Waals surface area contributed by atoms with Crippen LogP contribution in [0.25, 0.3) is 5.65 Å². The third-order valence-electron chi connectivity index (χ3n) is 4.41. The van der Waals surface area contributed by atoms with Gasteiger partial charge in [-0.25, -0.2) is 4.98 Å². The smallest absolute Gasteiger partial charge is 0.260 e. The summed E-state index contributed by atoms with van der Waals surface area (Å²) >= 11 is 1.15. The fourth-order valence-electron chi connectivity index (χ4n) is 3.15. The van der Waals surface area contributed by atoms with Crippen molar-refractivity contribution in [3.8, 4) is 5.88 Å². The molecule has 1 amide bonds. The lowest BCUT2D eigenvalue weighted by atomic mass is 10.2. The Balaban J connectivity index is 1.43. The van der Waals surface area contributed by atoms with Crippen molar-refractivity contribution in [1.29, 1.82) is 0 Å². The number of hydrogen-bond acceptors (Lipinski definition) is 8. The van der Waals surface area contributed by atoms with Gasteiger partial charge >= 0.3 is 0 Å². The second-order valence-corrected chi connectivity index (χ2v) is 7.55. The van der Waals surface area contributed by atoms with Crippen molar-refractivity contribution >= 4 is 28.0 Å². The largest absolute Gasteiger partial charge is 0.470 e. The van der Waals surface area contributed by atoms with E-state index >= 15 is 0 Å². The lowest BCUT2D eigenvalue weighted by Crippen LogP contribution is -2.28. The molecule has 142 valence electrons. The number of anilines is 1. The fourth-order valence-corrected chi connectivity index (χ4v) is 4.06. The van der Waals surface area contributed by atoms with Crippen molar-refractivity contribution in [3.63, 3.8) is 0 Å². The number of halogens is 1. The molecule has 0 aromatic carbocycles. The monoisotopic (exact) mass is 391 g/mol. The van der Waals surface area contributed by atoms with Crippen molar-refractivity contribution in [3.05, 3.63) is 29.5 Å². The van der Waals surface area contributed by atoms with Crippen molar-refractivity contribution in [1.82, 2.24) is 29.5 Å². The van der Waals surface area contributed by atoms with Crippen LogP contribution in [0.4, 0.5) is 9.52 Å². The Hall–Kier alpha value is -2.66. The van der Waals surface area contributed by atoms with E-state index in [4.69, 9.17) is 4.74 Å². The Bertz CT molecular complexity index is 975. The maximum Gasteiger partial charge on any atom is 0.260 e. The van der Waals surface area contributed by atoms with Crippen LogP contribution in [0.2, 0.25) is 0 Å². The average Bonchev–Trinajstić information content (AvgIpc) is 3.29. The first-order valence-corrected chi connectivity index (χ1v) is 9.29. The van der Waals surface area contributed by atoms with Gasteiger partial charge in [0.2, 0.25) is 17.5 Å². The number of amides is 1. The third kappa shape index (κ3) is 3.74. The van der Waals surface area contributed by atoms with Crippen LogP contribution >= 0.6 is 11.3 Å². The fraction of sp³-hybridized carbons (Fsp3) is 0.438. The van der Waals surface area contributed by atoms with E-state index < -0.39 is 5.95 Å². The summed E-state index contributed by atoms with van der Waals surface area (Å²) in [6, 6.07) is 0.207. The molecule has 3 aromatic heterocycles. The number of thiazole rings is 1. The van der Waals surface area contributed by atoms with Crippen molar-refractivity contribution in [2.75, 3.05) is 11.9 Å². The number of likely N-dealkylation sites (tertiary alicyclic amines) is 1. The molecule has 0 unspecified atom stereocenters. The number of nitrogens with one attached hydrogen (secondary N) is 1. The van der Waals surface area contributed by atoms with E-state index in [0.29, 0.717) is 29.5 Å². The number of fused-ring (bicyclic) bond motifs is 1. The van der Waals surface area contributed by atoms with Crippen LogP contribution in [0, 0.1) is 5.95 Å². The highest BCUT2D eigenvalue weighted by molar-refractivity contribution is 7.15. The van der Waals surface area contributed by atoms with E-state index in [1.807, 2.05) is 0 Å². The second-order valence-electron chi connectivity index (χ2n) is 6.46. The Morgan fingerprint density at radius 1 is 1.52 bits per heavy atom. The van der Waals surface area contributed by atoms with Crippen LogP contribution in [0.1, 0.15) is 25.1 Å². The van der Waals surface area contributed by atoms with Crippen molar-refractivity contribution in [2.45, 2.75) is 39.0 Å². The summed E-state index contributed by atoms with van der Waals surface area (Å²) < 4.78 is 21.9. The van der Waals surface area contributed by atoms with E-state index in [2.05, 4.69) is 37.3 Å². The Kier molecular flexibility index (Phi) is 4.70. The van der Waals surface area contributed by atoms with Crippen LogP contribution in [0.3, 0.4) is 0 Å². The highest BCUT2D eigenvalue weighted by Crippen LogP contribution is 2.29. The summed E-state index contributed by atoms with van der Waals surface area (Å²) in [6.07, 6.45) is 5.69. The standard InChI is InChI=1S/C16H18FN7O2S/c1-9-5-11(26-15-14-22-19-8-23(14)4-3-18-15)6-24(9)7-12-13(17)21-16(27-12)20-10(2)25/h3-4,8-9,11H,5-7H2,1-2H3,(H,20,21,25)/t9-,11+/m0/s1. The molecule has 1 saturated heterocycles. The normalized spacial score (nSPS) is 20.3. The molecule has 0 radical (unpaired) electrons. The Morgan fingerprint density at radius 2 is 2.37 bits per heavy atom. The molecule has 9 nitrogen and oxygen atoms in total. The number of ether oxygens (including phenoxy) is 1. The van der Waals surface area contributed by atoms with Gasteiger partial charge in [-0.15, -0.1) is 10.2 Å². The highest BCUT2D eigenvalue weighted by Gasteiger charge is 2.32. The van der Waals surface area contributed by atoms with Crippen LogP contribution in [-0.4, -0.2) is 54.1 Å². The zero-order valence-electron chi connectivity index (χ0n) is 14.8. The molecule has 11 heteroatoms. The van der Waals surface area contributed by atoms with Gasteiger partial charge in [-0.3, -0.25) is 14.1 Å². The number of rotatable bonds is 5. The molecule has 4 rings (SSSR count). The lowest BCUT2D eigenvalue weighted by Gasteiger charge is -2.19. The third-order valence-corrected chi connectivity index (χ3v) is 5.34. The van der Waals surface area contributed by atoms with Gasteiger partial charge in [0.25, 0.3) is 5.88 Å². The molecular formula is C16H18FN7O2S. The summed E-state index contributed by atoms with van der Waals surface area (Å²) in [6.45, 7) is 4.48. The number of hydrogen-bond donors (Lipinski definition) is 1. The quantitative estimate of drug-likeness (QED) is 0.707. The van der Waals surface area contributed by atoms with Crippen LogP contribution in [-0.2, 0) is 11.3 Å². The molecule has 27 heavy (non-hydrogen) atoms. The minimum atomic E-state index is -0.546. The molecule has 1 fully saturated rings. The molecule has 1 aliphatic rings. The van der Waals surface area contributed by atoms with E-state index in [0.717, 1.165) is 17.8 Å². The summed E-state index contributed by atoms with van der Waals surface area (Å²) in [5.41, 5.74) is 0.567. The topological polar surface area (TPSA) is 97.5 Å². The number of aromatic nitrogens is 5. The van der Waals surface area contributed by atoms with E-state index in [1.165, 1.54) is 6.92 Å². The molecule has 3 aromatic rings. The summed E-state index contributed by atoms with van der Waals surface area (Å²) in [5, 5.41) is 10.7. The molecule has 1 N–H and O–H groups in total. The molecular weight excluding hydrogens is 373 g/mol. The minimum absolute atomic E-state index is 0.0822. The van der Waals surface area contributed by atoms with E-state index in [9.17, 15) is 9.18 Å². The lowest BCUT2D eigenvalue weighted by molar-refractivity contribution is -0.114.